The summed E-state index contributed by atoms with van der Waals surface area (Å²) in [6, 6.07) is 0. The molecule has 7 heavy (non-hydrogen) atoms. The van der Waals surface area contributed by atoms with Crippen LogP contribution in [0.2, 0.25) is 10.6 Å². The topological polar surface area (TPSA) is 0 Å². The van der Waals surface area contributed by atoms with Crippen molar-refractivity contribution >= 4 is 37.6 Å². The van der Waals surface area contributed by atoms with E-state index in [0.29, 0.717) is 0 Å². The first-order chi connectivity index (χ1) is 3.50. The monoisotopic (exact) mass is 296 g/mol. The Morgan fingerprint density at radius 3 is 2.00 bits per heavy atom. The molecule has 3 heteroatoms. The first kappa shape index (κ1) is 6.68. The summed E-state index contributed by atoms with van der Waals surface area (Å²) in [6.07, 6.45) is 3.12. The molecule has 0 aromatic rings. The van der Waals surface area contributed by atoms with Crippen LogP contribution in [0.25, 0.3) is 0 Å². The summed E-state index contributed by atoms with van der Waals surface area (Å²) >= 11 is 3.42. The summed E-state index contributed by atoms with van der Waals surface area (Å²) in [6.45, 7) is 0. The summed E-state index contributed by atoms with van der Waals surface area (Å²) in [5.74, 6) is 0. The van der Waals surface area contributed by atoms with Gasteiger partial charge in [0, 0.05) is 0 Å². The van der Waals surface area contributed by atoms with Crippen molar-refractivity contribution in [2.24, 2.45) is 0 Å². The predicted molar refractivity (Wildman–Crippen MR) is 36.1 cm³/mol. The predicted octanol–water partition coefficient (Wildman–Crippen LogP) is 0.559. The van der Waals surface area contributed by atoms with Crippen LogP contribution < -0.4 is 0 Å². The quantitative estimate of drug-likeness (QED) is 0.573. The molecule has 1 saturated heterocycles. The van der Waals surface area contributed by atoms with Crippen molar-refractivity contribution in [3.63, 3.8) is 0 Å². The van der Waals surface area contributed by atoms with Gasteiger partial charge in [0.05, 0.1) is 0 Å². The van der Waals surface area contributed by atoms with Crippen LogP contribution in [-0.4, -0.2) is 37.6 Å². The van der Waals surface area contributed by atoms with Crippen molar-refractivity contribution in [1.82, 2.24) is 0 Å². The van der Waals surface area contributed by atoms with Gasteiger partial charge in [-0.25, -0.2) is 0 Å². The van der Waals surface area contributed by atoms with Crippen LogP contribution in [0.4, 0.5) is 0 Å². The van der Waals surface area contributed by atoms with Crippen LogP contribution in [0.3, 0.4) is 0 Å². The van der Waals surface area contributed by atoms with Gasteiger partial charge in [0.2, 0.25) is 0 Å². The molecule has 0 radical (unpaired) electrons. The normalized spacial score (nSPS) is 24.0. The molecule has 1 aliphatic rings. The Labute approximate surface area is 60.8 Å². The van der Waals surface area contributed by atoms with E-state index in [4.69, 9.17) is 0 Å². The molecule has 1 aliphatic heterocycles. The Bertz CT molecular complexity index is 26.5. The fraction of sp³-hybridized carbons (Fsp3) is 1.00. The van der Waals surface area contributed by atoms with E-state index < -0.39 is 0 Å². The molecule has 42 valence electrons. The summed E-state index contributed by atoms with van der Waals surface area (Å²) in [5.41, 5.74) is 0. The minimum atomic E-state index is 1.13. The van der Waals surface area contributed by atoms with Crippen molar-refractivity contribution in [2.75, 3.05) is 0 Å². The fourth-order valence-electron chi connectivity index (χ4n) is 0.424. The molecular weight excluding hydrogens is 285 g/mol. The fourth-order valence-corrected chi connectivity index (χ4v) is 18.6. The third-order valence-electron chi connectivity index (χ3n) is 0.802. The maximum absolute atomic E-state index is 1.61. The van der Waals surface area contributed by atoms with Crippen LogP contribution in [0.15, 0.2) is 0 Å². The van der Waals surface area contributed by atoms with E-state index in [1.807, 2.05) is 0 Å². The van der Waals surface area contributed by atoms with Gasteiger partial charge in [-0.3, -0.25) is 0 Å². The van der Waals surface area contributed by atoms with Gasteiger partial charge >= 0.3 is 61.0 Å². The summed E-state index contributed by atoms with van der Waals surface area (Å²) in [5, 5.41) is 3.21. The minimum absolute atomic E-state index is 1.13. The van der Waals surface area contributed by atoms with Crippen LogP contribution >= 0.6 is 0 Å². The molecule has 0 aromatic carbocycles. The first-order valence-electron chi connectivity index (χ1n) is 2.41. The number of hydrogen-bond acceptors (Lipinski definition) is 0. The van der Waals surface area contributed by atoms with Gasteiger partial charge in [-0.2, -0.15) is 0 Å². The van der Waals surface area contributed by atoms with Crippen molar-refractivity contribution < 1.29 is 0 Å². The number of rotatable bonds is 0. The van der Waals surface area contributed by atoms with E-state index in [1.165, 1.54) is 0 Å². The average molecular weight is 293 g/mol. The molecule has 0 atom stereocenters. The van der Waals surface area contributed by atoms with Crippen molar-refractivity contribution in [3.8, 4) is 0 Å². The molecule has 1 fully saturated rings. The van der Waals surface area contributed by atoms with Crippen LogP contribution in [-0.2, 0) is 0 Å². The zero-order valence-corrected chi connectivity index (χ0v) is 9.19. The van der Waals surface area contributed by atoms with E-state index in [-0.39, 0.29) is 0 Å². The second kappa shape index (κ2) is 4.44. The van der Waals surface area contributed by atoms with Gasteiger partial charge in [0.15, 0.2) is 0 Å². The molecule has 1 rings (SSSR count). The zero-order valence-electron chi connectivity index (χ0n) is 4.05. The van der Waals surface area contributed by atoms with Crippen LogP contribution in [0.1, 0.15) is 12.8 Å². The van der Waals surface area contributed by atoms with Crippen molar-refractivity contribution in [1.29, 1.82) is 0 Å². The van der Waals surface area contributed by atoms with Crippen LogP contribution in [0, 0.1) is 0 Å². The van der Waals surface area contributed by atoms with Crippen LogP contribution in [0.5, 0.6) is 0 Å². The van der Waals surface area contributed by atoms with Gasteiger partial charge in [-0.05, 0) is 0 Å². The molecule has 0 aromatic heterocycles. The van der Waals surface area contributed by atoms with E-state index in [9.17, 15) is 0 Å². The van der Waals surface area contributed by atoms with Gasteiger partial charge in [0.25, 0.3) is 0 Å². The zero-order chi connectivity index (χ0) is 4.95. The molecule has 0 spiro atoms. The Hall–Kier alpha value is 1.56. The molecule has 0 saturated carbocycles. The SMILES string of the molecule is C1CC[Se][Se][Se]C1. The van der Waals surface area contributed by atoms with E-state index in [0.717, 1.165) is 37.6 Å². The summed E-state index contributed by atoms with van der Waals surface area (Å²) in [7, 11) is 0. The van der Waals surface area contributed by atoms with Gasteiger partial charge in [-0.1, -0.05) is 0 Å². The third-order valence-corrected chi connectivity index (χ3v) is 19.7. The average Bonchev–Trinajstić information content (AvgIpc) is 1.90. The first-order valence-corrected chi connectivity index (χ1v) is 13.5. The summed E-state index contributed by atoms with van der Waals surface area (Å²) in [4.78, 5) is 0. The number of hydrogen-bond donors (Lipinski definition) is 0. The Morgan fingerprint density at radius 1 is 0.857 bits per heavy atom. The molecule has 0 amide bonds. The van der Waals surface area contributed by atoms with E-state index in [1.54, 1.807) is 23.5 Å². The third kappa shape index (κ3) is 3.19. The van der Waals surface area contributed by atoms with Crippen molar-refractivity contribution in [2.45, 2.75) is 23.5 Å². The molecule has 1 heterocycles. The molecule has 0 N–H and O–H groups in total. The second-order valence-corrected chi connectivity index (χ2v) is 18.7. The van der Waals surface area contributed by atoms with Gasteiger partial charge < -0.3 is 0 Å². The van der Waals surface area contributed by atoms with Crippen molar-refractivity contribution in [3.05, 3.63) is 0 Å². The molecule has 0 nitrogen and oxygen atoms in total. The Morgan fingerprint density at radius 2 is 1.43 bits per heavy atom. The molecule has 0 bridgehead atoms. The van der Waals surface area contributed by atoms with E-state index >= 15 is 0 Å². The second-order valence-electron chi connectivity index (χ2n) is 1.42. The maximum atomic E-state index is 1.61. The standard InChI is InChI=1S/C4H8Se3/c1-2-4-6-7-5-3-1/h1-4H2. The Kier molecular flexibility index (Phi) is 4.23. The van der Waals surface area contributed by atoms with Gasteiger partial charge in [0.1, 0.15) is 0 Å². The molecule has 0 aliphatic carbocycles. The van der Waals surface area contributed by atoms with Gasteiger partial charge in [-0.15, -0.1) is 0 Å². The molecule has 0 unspecified atom stereocenters. The molecular formula is C4H8Se3. The Balaban J connectivity index is 2.04. The summed E-state index contributed by atoms with van der Waals surface area (Å²) < 4.78 is 0. The van der Waals surface area contributed by atoms with E-state index in [2.05, 4.69) is 0 Å².